The molecule has 1 aliphatic rings. The molecule has 2 aromatic heterocycles. The molecule has 0 bridgehead atoms. The van der Waals surface area contributed by atoms with E-state index in [0.29, 0.717) is 18.1 Å². The number of benzene rings is 1. The highest BCUT2D eigenvalue weighted by Gasteiger charge is 2.25. The zero-order valence-corrected chi connectivity index (χ0v) is 18.6. The number of aromatic nitrogens is 3. The molecule has 0 saturated carbocycles. The van der Waals surface area contributed by atoms with Crippen LogP contribution in [0.4, 0.5) is 17.2 Å². The molecule has 4 rings (SSSR count). The van der Waals surface area contributed by atoms with Gasteiger partial charge in [0.2, 0.25) is 5.91 Å². The molecule has 0 radical (unpaired) electrons. The maximum atomic E-state index is 12.4. The summed E-state index contributed by atoms with van der Waals surface area (Å²) >= 11 is 0. The molecule has 0 spiro atoms. The van der Waals surface area contributed by atoms with Gasteiger partial charge in [0, 0.05) is 41.3 Å². The molecule has 9 heteroatoms. The SMILES string of the molecule is COc1cccc(Nc2cc(C)nc([C@@H]3CCCN(CC(=O)Nc4nonc4C)C3)c2)c1. The summed E-state index contributed by atoms with van der Waals surface area (Å²) < 4.78 is 9.95. The first kappa shape index (κ1) is 21.8. The van der Waals surface area contributed by atoms with Gasteiger partial charge in [-0.3, -0.25) is 14.7 Å². The van der Waals surface area contributed by atoms with Gasteiger partial charge < -0.3 is 15.4 Å². The third kappa shape index (κ3) is 5.42. The first-order valence-electron chi connectivity index (χ1n) is 10.7. The van der Waals surface area contributed by atoms with E-state index >= 15 is 0 Å². The van der Waals surface area contributed by atoms with E-state index in [1.807, 2.05) is 37.3 Å². The molecule has 3 heterocycles. The van der Waals surface area contributed by atoms with Crippen LogP contribution in [0, 0.1) is 13.8 Å². The van der Waals surface area contributed by atoms with Crippen molar-refractivity contribution >= 4 is 23.1 Å². The van der Waals surface area contributed by atoms with Crippen molar-refractivity contribution in [1.29, 1.82) is 0 Å². The monoisotopic (exact) mass is 436 g/mol. The summed E-state index contributed by atoms with van der Waals surface area (Å²) in [6.45, 7) is 5.69. The van der Waals surface area contributed by atoms with Crippen LogP contribution in [0.1, 0.15) is 35.8 Å². The molecular weight excluding hydrogens is 408 g/mol. The Morgan fingerprint density at radius 3 is 2.88 bits per heavy atom. The van der Waals surface area contributed by atoms with Gasteiger partial charge in [-0.05, 0) is 62.7 Å². The molecule has 32 heavy (non-hydrogen) atoms. The number of ether oxygens (including phenoxy) is 1. The number of carbonyl (C=O) groups excluding carboxylic acids is 1. The minimum atomic E-state index is -0.123. The van der Waals surface area contributed by atoms with E-state index in [-0.39, 0.29) is 11.8 Å². The summed E-state index contributed by atoms with van der Waals surface area (Å²) in [5.41, 5.74) is 4.51. The Hall–Kier alpha value is -3.46. The van der Waals surface area contributed by atoms with Crippen molar-refractivity contribution in [2.75, 3.05) is 37.4 Å². The van der Waals surface area contributed by atoms with Crippen LogP contribution in [0.2, 0.25) is 0 Å². The van der Waals surface area contributed by atoms with Crippen molar-refractivity contribution in [3.8, 4) is 5.75 Å². The van der Waals surface area contributed by atoms with Crippen LogP contribution in [0.3, 0.4) is 0 Å². The second-order valence-corrected chi connectivity index (χ2v) is 8.10. The molecule has 0 unspecified atom stereocenters. The molecule has 1 fully saturated rings. The fourth-order valence-corrected chi connectivity index (χ4v) is 4.00. The number of hydrogen-bond acceptors (Lipinski definition) is 8. The topological polar surface area (TPSA) is 105 Å². The summed E-state index contributed by atoms with van der Waals surface area (Å²) in [6.07, 6.45) is 2.05. The zero-order valence-electron chi connectivity index (χ0n) is 18.6. The molecule has 1 aliphatic heterocycles. The van der Waals surface area contributed by atoms with E-state index in [1.54, 1.807) is 14.0 Å². The number of likely N-dealkylation sites (tertiary alicyclic amines) is 1. The highest BCUT2D eigenvalue weighted by Crippen LogP contribution is 2.29. The number of anilines is 3. The van der Waals surface area contributed by atoms with Crippen molar-refractivity contribution in [2.45, 2.75) is 32.6 Å². The Morgan fingerprint density at radius 2 is 2.09 bits per heavy atom. The molecular formula is C23H28N6O3. The number of carbonyl (C=O) groups is 1. The van der Waals surface area contributed by atoms with Crippen LogP contribution < -0.4 is 15.4 Å². The number of aryl methyl sites for hydroxylation is 2. The van der Waals surface area contributed by atoms with Crippen molar-refractivity contribution in [2.24, 2.45) is 0 Å². The summed E-state index contributed by atoms with van der Waals surface area (Å²) in [6, 6.07) is 12.0. The number of piperidine rings is 1. The predicted octanol–water partition coefficient (Wildman–Crippen LogP) is 3.65. The van der Waals surface area contributed by atoms with Gasteiger partial charge in [-0.2, -0.15) is 0 Å². The van der Waals surface area contributed by atoms with Crippen LogP contribution in [-0.4, -0.2) is 52.8 Å². The lowest BCUT2D eigenvalue weighted by Gasteiger charge is -2.32. The Kier molecular flexibility index (Phi) is 6.65. The molecule has 1 atom stereocenters. The second kappa shape index (κ2) is 9.78. The van der Waals surface area contributed by atoms with Crippen LogP contribution in [0.5, 0.6) is 5.75 Å². The van der Waals surface area contributed by atoms with Crippen molar-refractivity contribution < 1.29 is 14.2 Å². The van der Waals surface area contributed by atoms with Gasteiger partial charge in [0.1, 0.15) is 11.4 Å². The molecule has 0 aliphatic carbocycles. The fraction of sp³-hybridized carbons (Fsp3) is 0.391. The maximum Gasteiger partial charge on any atom is 0.239 e. The summed E-state index contributed by atoms with van der Waals surface area (Å²) in [4.78, 5) is 19.4. The molecule has 9 nitrogen and oxygen atoms in total. The number of methoxy groups -OCH3 is 1. The lowest BCUT2D eigenvalue weighted by atomic mass is 9.93. The van der Waals surface area contributed by atoms with E-state index in [4.69, 9.17) is 9.72 Å². The van der Waals surface area contributed by atoms with Gasteiger partial charge in [-0.15, -0.1) is 0 Å². The largest absolute Gasteiger partial charge is 0.497 e. The van der Waals surface area contributed by atoms with Gasteiger partial charge in [0.05, 0.1) is 13.7 Å². The third-order valence-electron chi connectivity index (χ3n) is 5.53. The highest BCUT2D eigenvalue weighted by atomic mass is 16.6. The molecule has 1 saturated heterocycles. The Labute approximate surface area is 187 Å². The van der Waals surface area contributed by atoms with Gasteiger partial charge in [-0.25, -0.2) is 4.63 Å². The molecule has 1 aromatic carbocycles. The van der Waals surface area contributed by atoms with Gasteiger partial charge in [-0.1, -0.05) is 11.2 Å². The smallest absolute Gasteiger partial charge is 0.239 e. The van der Waals surface area contributed by atoms with Crippen LogP contribution in [0.15, 0.2) is 41.0 Å². The summed E-state index contributed by atoms with van der Waals surface area (Å²) in [5.74, 6) is 1.32. The maximum absolute atomic E-state index is 12.4. The van der Waals surface area contributed by atoms with Crippen LogP contribution in [-0.2, 0) is 4.79 Å². The van der Waals surface area contributed by atoms with E-state index in [1.165, 1.54) is 0 Å². The van der Waals surface area contributed by atoms with Crippen molar-refractivity contribution in [1.82, 2.24) is 20.2 Å². The summed E-state index contributed by atoms with van der Waals surface area (Å²) in [7, 11) is 1.66. The lowest BCUT2D eigenvalue weighted by Crippen LogP contribution is -2.40. The van der Waals surface area contributed by atoms with Gasteiger partial charge in [0.15, 0.2) is 5.82 Å². The van der Waals surface area contributed by atoms with Crippen molar-refractivity contribution in [3.63, 3.8) is 0 Å². The third-order valence-corrected chi connectivity index (χ3v) is 5.53. The minimum absolute atomic E-state index is 0.123. The van der Waals surface area contributed by atoms with Crippen LogP contribution in [0.25, 0.3) is 0 Å². The first-order chi connectivity index (χ1) is 15.5. The average Bonchev–Trinajstić information content (AvgIpc) is 3.17. The first-order valence-corrected chi connectivity index (χ1v) is 10.7. The van der Waals surface area contributed by atoms with Gasteiger partial charge in [0.25, 0.3) is 0 Å². The van der Waals surface area contributed by atoms with E-state index < -0.39 is 0 Å². The summed E-state index contributed by atoms with van der Waals surface area (Å²) in [5, 5.41) is 13.6. The van der Waals surface area contributed by atoms with Crippen molar-refractivity contribution in [3.05, 3.63) is 53.5 Å². The molecule has 2 N–H and O–H groups in total. The highest BCUT2D eigenvalue weighted by molar-refractivity contribution is 5.91. The zero-order chi connectivity index (χ0) is 22.5. The lowest BCUT2D eigenvalue weighted by molar-refractivity contribution is -0.117. The minimum Gasteiger partial charge on any atom is -0.497 e. The molecule has 1 amide bonds. The normalized spacial score (nSPS) is 16.5. The molecule has 3 aromatic rings. The van der Waals surface area contributed by atoms with Gasteiger partial charge >= 0.3 is 0 Å². The number of rotatable bonds is 7. The predicted molar refractivity (Wildman–Crippen MR) is 121 cm³/mol. The Morgan fingerprint density at radius 1 is 1.22 bits per heavy atom. The number of nitrogens with zero attached hydrogens (tertiary/aromatic N) is 4. The average molecular weight is 437 g/mol. The standard InChI is InChI=1S/C23H28N6O3/c1-15-10-19(25-18-7-4-8-20(11-18)31-3)12-21(24-15)17-6-5-9-29(13-17)14-22(30)26-23-16(2)27-32-28-23/h4,7-8,10-12,17H,5-6,9,13-14H2,1-3H3,(H,24,25)(H,26,28,30)/t17-/m1/s1. The Bertz CT molecular complexity index is 1080. The number of hydrogen-bond donors (Lipinski definition) is 2. The molecule has 168 valence electrons. The van der Waals surface area contributed by atoms with E-state index in [2.05, 4.69) is 36.5 Å². The van der Waals surface area contributed by atoms with Crippen LogP contribution >= 0.6 is 0 Å². The quantitative estimate of drug-likeness (QED) is 0.578. The van der Waals surface area contributed by atoms with E-state index in [0.717, 1.165) is 54.4 Å². The Balaban J connectivity index is 1.42. The number of nitrogens with one attached hydrogen (secondary N) is 2. The number of pyridine rings is 1. The number of amides is 1. The fourth-order valence-electron chi connectivity index (χ4n) is 4.00. The van der Waals surface area contributed by atoms with E-state index in [9.17, 15) is 4.79 Å². The second-order valence-electron chi connectivity index (χ2n) is 8.10.